The molecule has 0 bridgehead atoms. The molecule has 0 radical (unpaired) electrons. The van der Waals surface area contributed by atoms with Crippen LogP contribution in [0.1, 0.15) is 12.0 Å². The SMILES string of the molecule is Cn1cc(CNC(=O)NC(CCO)C(=O)O)cn1. The molecule has 18 heavy (non-hydrogen) atoms. The van der Waals surface area contributed by atoms with Crippen molar-refractivity contribution in [3.05, 3.63) is 18.0 Å². The molecule has 0 saturated carbocycles. The highest BCUT2D eigenvalue weighted by Gasteiger charge is 2.18. The van der Waals surface area contributed by atoms with Crippen LogP contribution in [0.25, 0.3) is 0 Å². The van der Waals surface area contributed by atoms with E-state index >= 15 is 0 Å². The zero-order valence-electron chi connectivity index (χ0n) is 9.96. The largest absolute Gasteiger partial charge is 0.480 e. The predicted octanol–water partition coefficient (Wildman–Crippen LogP) is -0.945. The number of carboxylic acids is 1. The maximum atomic E-state index is 11.4. The number of hydrogen-bond donors (Lipinski definition) is 4. The number of hydrogen-bond acceptors (Lipinski definition) is 4. The fourth-order valence-corrected chi connectivity index (χ4v) is 1.34. The monoisotopic (exact) mass is 256 g/mol. The van der Waals surface area contributed by atoms with Crippen LogP contribution in [0.3, 0.4) is 0 Å². The molecule has 1 heterocycles. The molecule has 0 aliphatic rings. The van der Waals surface area contributed by atoms with Gasteiger partial charge in [0.15, 0.2) is 0 Å². The first-order valence-electron chi connectivity index (χ1n) is 5.38. The molecule has 0 aliphatic carbocycles. The van der Waals surface area contributed by atoms with Crippen molar-refractivity contribution in [2.24, 2.45) is 7.05 Å². The normalized spacial score (nSPS) is 11.9. The number of aromatic nitrogens is 2. The third-order valence-corrected chi connectivity index (χ3v) is 2.23. The van der Waals surface area contributed by atoms with Gasteiger partial charge in [0.2, 0.25) is 0 Å². The smallest absolute Gasteiger partial charge is 0.326 e. The quantitative estimate of drug-likeness (QED) is 0.524. The summed E-state index contributed by atoms with van der Waals surface area (Å²) >= 11 is 0. The van der Waals surface area contributed by atoms with E-state index < -0.39 is 18.0 Å². The summed E-state index contributed by atoms with van der Waals surface area (Å²) in [6.07, 6.45) is 3.31. The van der Waals surface area contributed by atoms with Crippen LogP contribution in [0.2, 0.25) is 0 Å². The lowest BCUT2D eigenvalue weighted by Gasteiger charge is -2.13. The van der Waals surface area contributed by atoms with E-state index in [9.17, 15) is 9.59 Å². The topological polar surface area (TPSA) is 116 Å². The number of urea groups is 1. The Morgan fingerprint density at radius 3 is 2.78 bits per heavy atom. The lowest BCUT2D eigenvalue weighted by atomic mass is 10.2. The standard InChI is InChI=1S/C10H16N4O4/c1-14-6-7(5-12-14)4-11-10(18)13-8(2-3-15)9(16)17/h5-6,8,15H,2-4H2,1H3,(H,16,17)(H2,11,13,18). The third kappa shape index (κ3) is 4.42. The van der Waals surface area contributed by atoms with Crippen LogP contribution < -0.4 is 10.6 Å². The summed E-state index contributed by atoms with van der Waals surface area (Å²) in [4.78, 5) is 22.2. The molecule has 4 N–H and O–H groups in total. The molecule has 0 aromatic carbocycles. The van der Waals surface area contributed by atoms with Crippen molar-refractivity contribution in [1.82, 2.24) is 20.4 Å². The van der Waals surface area contributed by atoms with E-state index in [1.165, 1.54) is 0 Å². The van der Waals surface area contributed by atoms with Crippen LogP contribution in [0.4, 0.5) is 4.79 Å². The molecule has 1 rings (SSSR count). The Bertz CT molecular complexity index is 418. The highest BCUT2D eigenvalue weighted by molar-refractivity contribution is 5.82. The number of carbonyl (C=O) groups excluding carboxylic acids is 1. The summed E-state index contributed by atoms with van der Waals surface area (Å²) in [7, 11) is 1.76. The predicted molar refractivity (Wildman–Crippen MR) is 61.7 cm³/mol. The number of rotatable bonds is 6. The van der Waals surface area contributed by atoms with Crippen molar-refractivity contribution < 1.29 is 19.8 Å². The number of aliphatic carboxylic acids is 1. The molecule has 1 aromatic heterocycles. The summed E-state index contributed by atoms with van der Waals surface area (Å²) in [5, 5.41) is 26.1. The van der Waals surface area contributed by atoms with E-state index in [1.807, 2.05) is 0 Å². The van der Waals surface area contributed by atoms with Gasteiger partial charge in [-0.15, -0.1) is 0 Å². The number of aliphatic hydroxyl groups is 1. The molecule has 0 spiro atoms. The average Bonchev–Trinajstić information content (AvgIpc) is 2.72. The molecular formula is C10H16N4O4. The van der Waals surface area contributed by atoms with Crippen LogP contribution in [0, 0.1) is 0 Å². The van der Waals surface area contributed by atoms with Gasteiger partial charge < -0.3 is 20.8 Å². The van der Waals surface area contributed by atoms with Crippen LogP contribution in [0.15, 0.2) is 12.4 Å². The fraction of sp³-hybridized carbons (Fsp3) is 0.500. The first kappa shape index (κ1) is 14.0. The van der Waals surface area contributed by atoms with Gasteiger partial charge in [-0.2, -0.15) is 5.10 Å². The molecule has 0 fully saturated rings. The van der Waals surface area contributed by atoms with Gasteiger partial charge in [-0.25, -0.2) is 9.59 Å². The number of carbonyl (C=O) groups is 2. The van der Waals surface area contributed by atoms with Crippen molar-refractivity contribution in [2.75, 3.05) is 6.61 Å². The second-order valence-electron chi connectivity index (χ2n) is 3.75. The van der Waals surface area contributed by atoms with Gasteiger partial charge in [-0.1, -0.05) is 0 Å². The summed E-state index contributed by atoms with van der Waals surface area (Å²) in [6, 6.07) is -1.69. The Morgan fingerprint density at radius 2 is 2.28 bits per heavy atom. The fourth-order valence-electron chi connectivity index (χ4n) is 1.34. The number of aryl methyl sites for hydroxylation is 1. The summed E-state index contributed by atoms with van der Waals surface area (Å²) in [6.45, 7) is -0.0506. The number of aliphatic hydroxyl groups excluding tert-OH is 1. The molecule has 1 atom stereocenters. The van der Waals surface area contributed by atoms with Gasteiger partial charge in [-0.05, 0) is 0 Å². The van der Waals surface area contributed by atoms with Crippen molar-refractivity contribution in [3.63, 3.8) is 0 Å². The van der Waals surface area contributed by atoms with E-state index in [-0.39, 0.29) is 19.6 Å². The lowest BCUT2D eigenvalue weighted by molar-refractivity contribution is -0.139. The molecule has 0 aliphatic heterocycles. The third-order valence-electron chi connectivity index (χ3n) is 2.23. The Labute approximate surface area is 104 Å². The van der Waals surface area contributed by atoms with E-state index in [1.54, 1.807) is 24.1 Å². The maximum Gasteiger partial charge on any atom is 0.326 e. The van der Waals surface area contributed by atoms with Crippen molar-refractivity contribution in [2.45, 2.75) is 19.0 Å². The van der Waals surface area contributed by atoms with Gasteiger partial charge in [0.1, 0.15) is 6.04 Å². The van der Waals surface area contributed by atoms with E-state index in [0.29, 0.717) is 0 Å². The summed E-state index contributed by atoms with van der Waals surface area (Å²) in [5.74, 6) is -1.18. The first-order valence-corrected chi connectivity index (χ1v) is 5.38. The van der Waals surface area contributed by atoms with Gasteiger partial charge in [0.25, 0.3) is 0 Å². The zero-order valence-corrected chi connectivity index (χ0v) is 9.96. The van der Waals surface area contributed by atoms with Gasteiger partial charge in [0, 0.05) is 38.4 Å². The highest BCUT2D eigenvalue weighted by Crippen LogP contribution is 1.95. The van der Waals surface area contributed by atoms with E-state index in [0.717, 1.165) is 5.56 Å². The number of carboxylic acid groups (broad SMARTS) is 1. The first-order chi connectivity index (χ1) is 8.52. The molecule has 8 nitrogen and oxygen atoms in total. The van der Waals surface area contributed by atoms with E-state index in [4.69, 9.17) is 10.2 Å². The van der Waals surface area contributed by atoms with Crippen LogP contribution in [0.5, 0.6) is 0 Å². The number of nitrogens with one attached hydrogen (secondary N) is 2. The molecule has 8 heteroatoms. The van der Waals surface area contributed by atoms with Crippen molar-refractivity contribution in [1.29, 1.82) is 0 Å². The van der Waals surface area contributed by atoms with Gasteiger partial charge in [-0.3, -0.25) is 4.68 Å². The van der Waals surface area contributed by atoms with Crippen LogP contribution in [-0.2, 0) is 18.4 Å². The Hall–Kier alpha value is -2.09. The Kier molecular flexibility index (Phi) is 5.12. The van der Waals surface area contributed by atoms with Crippen molar-refractivity contribution >= 4 is 12.0 Å². The Balaban J connectivity index is 2.38. The minimum atomic E-state index is -1.18. The van der Waals surface area contributed by atoms with Crippen LogP contribution in [-0.4, -0.2) is 44.6 Å². The van der Waals surface area contributed by atoms with Gasteiger partial charge in [0.05, 0.1) is 6.20 Å². The second-order valence-corrected chi connectivity index (χ2v) is 3.75. The molecule has 1 unspecified atom stereocenters. The minimum Gasteiger partial charge on any atom is -0.480 e. The summed E-state index contributed by atoms with van der Waals surface area (Å²) in [5.41, 5.74) is 0.807. The highest BCUT2D eigenvalue weighted by atomic mass is 16.4. The molecular weight excluding hydrogens is 240 g/mol. The maximum absolute atomic E-state index is 11.4. The van der Waals surface area contributed by atoms with Gasteiger partial charge >= 0.3 is 12.0 Å². The van der Waals surface area contributed by atoms with E-state index in [2.05, 4.69) is 15.7 Å². The molecule has 100 valence electrons. The average molecular weight is 256 g/mol. The zero-order chi connectivity index (χ0) is 13.5. The second kappa shape index (κ2) is 6.60. The number of nitrogens with zero attached hydrogens (tertiary/aromatic N) is 2. The minimum absolute atomic E-state index is 0.0321. The summed E-state index contributed by atoms with van der Waals surface area (Å²) < 4.78 is 1.60. The molecule has 0 saturated heterocycles. The Morgan fingerprint density at radius 1 is 1.56 bits per heavy atom. The van der Waals surface area contributed by atoms with Crippen molar-refractivity contribution in [3.8, 4) is 0 Å². The lowest BCUT2D eigenvalue weighted by Crippen LogP contribution is -2.46. The number of amides is 2. The molecule has 2 amide bonds. The van der Waals surface area contributed by atoms with Crippen LogP contribution >= 0.6 is 0 Å². The molecule has 1 aromatic rings.